The SMILES string of the molecule is Cc1cccc2nc(CN3CCC4(CC3)C(=O)NCCCN4C)cc(=O)n12. The van der Waals surface area contributed by atoms with Crippen molar-refractivity contribution < 1.29 is 4.79 Å². The maximum absolute atomic E-state index is 12.7. The van der Waals surface area contributed by atoms with E-state index in [1.807, 2.05) is 25.1 Å². The van der Waals surface area contributed by atoms with E-state index in [-0.39, 0.29) is 17.0 Å². The number of carbonyl (C=O) groups is 1. The number of likely N-dealkylation sites (N-methyl/N-ethyl adjacent to an activating group) is 1. The van der Waals surface area contributed by atoms with Gasteiger partial charge in [0.25, 0.3) is 5.56 Å². The Morgan fingerprint density at radius 1 is 1.19 bits per heavy atom. The minimum atomic E-state index is -0.388. The van der Waals surface area contributed by atoms with E-state index in [0.717, 1.165) is 56.8 Å². The fraction of sp³-hybridized carbons (Fsp3) is 0.550. The van der Waals surface area contributed by atoms with Crippen molar-refractivity contribution in [2.45, 2.75) is 38.3 Å². The normalized spacial score (nSPS) is 21.3. The number of aryl methyl sites for hydroxylation is 1. The topological polar surface area (TPSA) is 70.0 Å². The highest BCUT2D eigenvalue weighted by Crippen LogP contribution is 2.30. The van der Waals surface area contributed by atoms with Crippen LogP contribution in [0.15, 0.2) is 29.1 Å². The van der Waals surface area contributed by atoms with Gasteiger partial charge in [-0.05, 0) is 45.4 Å². The van der Waals surface area contributed by atoms with Crippen molar-refractivity contribution in [3.05, 3.63) is 46.0 Å². The summed E-state index contributed by atoms with van der Waals surface area (Å²) in [6.45, 7) is 5.91. The van der Waals surface area contributed by atoms with Gasteiger partial charge in [0.15, 0.2) is 0 Å². The second-order valence-corrected chi connectivity index (χ2v) is 7.79. The number of hydrogen-bond donors (Lipinski definition) is 1. The average Bonchev–Trinajstić information content (AvgIpc) is 2.77. The highest BCUT2D eigenvalue weighted by Gasteiger charge is 2.45. The number of amides is 1. The summed E-state index contributed by atoms with van der Waals surface area (Å²) < 4.78 is 1.64. The lowest BCUT2D eigenvalue weighted by molar-refractivity contribution is -0.134. The van der Waals surface area contributed by atoms with Crippen LogP contribution in [-0.4, -0.2) is 63.9 Å². The number of likely N-dealkylation sites (tertiary alicyclic amines) is 1. The highest BCUT2D eigenvalue weighted by molar-refractivity contribution is 5.86. The Morgan fingerprint density at radius 2 is 1.96 bits per heavy atom. The van der Waals surface area contributed by atoms with Gasteiger partial charge in [0.2, 0.25) is 5.91 Å². The summed E-state index contributed by atoms with van der Waals surface area (Å²) in [6, 6.07) is 7.34. The Kier molecular flexibility index (Phi) is 4.74. The number of nitrogens with zero attached hydrogens (tertiary/aromatic N) is 4. The molecule has 0 aromatic carbocycles. The molecule has 2 aromatic heterocycles. The zero-order valence-electron chi connectivity index (χ0n) is 16.1. The summed E-state index contributed by atoms with van der Waals surface area (Å²) in [5, 5.41) is 3.08. The van der Waals surface area contributed by atoms with E-state index >= 15 is 0 Å². The third kappa shape index (κ3) is 3.26. The van der Waals surface area contributed by atoms with Crippen molar-refractivity contribution in [1.29, 1.82) is 0 Å². The Hall–Kier alpha value is -2.25. The number of fused-ring (bicyclic) bond motifs is 1. The fourth-order valence-electron chi connectivity index (χ4n) is 4.43. The summed E-state index contributed by atoms with van der Waals surface area (Å²) >= 11 is 0. The largest absolute Gasteiger partial charge is 0.354 e. The number of hydrogen-bond acceptors (Lipinski definition) is 5. The van der Waals surface area contributed by atoms with Crippen LogP contribution in [0.5, 0.6) is 0 Å². The van der Waals surface area contributed by atoms with Crippen LogP contribution in [0, 0.1) is 6.92 Å². The molecule has 7 nitrogen and oxygen atoms in total. The molecule has 0 radical (unpaired) electrons. The van der Waals surface area contributed by atoms with E-state index < -0.39 is 0 Å². The molecule has 2 fully saturated rings. The first-order chi connectivity index (χ1) is 13.0. The van der Waals surface area contributed by atoms with Crippen molar-refractivity contribution in [1.82, 2.24) is 24.5 Å². The number of piperidine rings is 1. The van der Waals surface area contributed by atoms with Crippen molar-refractivity contribution in [3.63, 3.8) is 0 Å². The molecule has 0 bridgehead atoms. The molecule has 2 aliphatic heterocycles. The van der Waals surface area contributed by atoms with Gasteiger partial charge in [-0.2, -0.15) is 0 Å². The molecule has 4 rings (SSSR count). The molecule has 1 amide bonds. The number of aromatic nitrogens is 2. The Balaban J connectivity index is 1.50. The van der Waals surface area contributed by atoms with Gasteiger partial charge in [0, 0.05) is 44.5 Å². The van der Waals surface area contributed by atoms with Crippen molar-refractivity contribution >= 4 is 11.6 Å². The molecule has 27 heavy (non-hydrogen) atoms. The Morgan fingerprint density at radius 3 is 2.74 bits per heavy atom. The lowest BCUT2D eigenvalue weighted by Gasteiger charge is -2.44. The van der Waals surface area contributed by atoms with E-state index in [1.54, 1.807) is 10.5 Å². The lowest BCUT2D eigenvalue weighted by atomic mass is 9.85. The van der Waals surface area contributed by atoms with Crippen LogP contribution >= 0.6 is 0 Å². The van der Waals surface area contributed by atoms with Gasteiger partial charge < -0.3 is 5.32 Å². The van der Waals surface area contributed by atoms with Crippen molar-refractivity contribution in [3.8, 4) is 0 Å². The van der Waals surface area contributed by atoms with E-state index in [2.05, 4.69) is 27.1 Å². The molecule has 2 aromatic rings. The second-order valence-electron chi connectivity index (χ2n) is 7.79. The first-order valence-electron chi connectivity index (χ1n) is 9.70. The Labute approximate surface area is 159 Å². The predicted octanol–water partition coefficient (Wildman–Crippen LogP) is 0.789. The summed E-state index contributed by atoms with van der Waals surface area (Å²) in [5.41, 5.74) is 1.94. The van der Waals surface area contributed by atoms with E-state index in [1.165, 1.54) is 0 Å². The van der Waals surface area contributed by atoms with Crippen LogP contribution in [0.1, 0.15) is 30.7 Å². The standard InChI is InChI=1S/C20H27N5O2/c1-15-5-3-6-17-22-16(13-18(26)25(15)17)14-24-11-7-20(8-12-24)19(27)21-9-4-10-23(20)2/h3,5-6,13H,4,7-12,14H2,1-2H3,(H,21,27). The predicted molar refractivity (Wildman–Crippen MR) is 104 cm³/mol. The Bertz CT molecular complexity index is 914. The summed E-state index contributed by atoms with van der Waals surface area (Å²) in [5.74, 6) is 0.166. The monoisotopic (exact) mass is 369 g/mol. The molecule has 0 aliphatic carbocycles. The second kappa shape index (κ2) is 7.05. The molecule has 1 spiro atoms. The molecule has 0 saturated carbocycles. The van der Waals surface area contributed by atoms with E-state index in [9.17, 15) is 9.59 Å². The third-order valence-electron chi connectivity index (χ3n) is 6.11. The van der Waals surface area contributed by atoms with E-state index in [4.69, 9.17) is 0 Å². The summed E-state index contributed by atoms with van der Waals surface area (Å²) in [6.07, 6.45) is 2.61. The maximum Gasteiger partial charge on any atom is 0.258 e. The first-order valence-corrected chi connectivity index (χ1v) is 9.70. The van der Waals surface area contributed by atoms with Gasteiger partial charge in [-0.25, -0.2) is 4.98 Å². The minimum Gasteiger partial charge on any atom is -0.354 e. The van der Waals surface area contributed by atoms with Crippen LogP contribution in [0.2, 0.25) is 0 Å². The van der Waals surface area contributed by atoms with E-state index in [0.29, 0.717) is 12.2 Å². The molecule has 1 N–H and O–H groups in total. The van der Waals surface area contributed by atoms with Gasteiger partial charge in [0.1, 0.15) is 11.2 Å². The van der Waals surface area contributed by atoms with Crippen molar-refractivity contribution in [2.24, 2.45) is 0 Å². The van der Waals surface area contributed by atoms with Gasteiger partial charge >= 0.3 is 0 Å². The van der Waals surface area contributed by atoms with Gasteiger partial charge in [0.05, 0.1) is 5.69 Å². The summed E-state index contributed by atoms with van der Waals surface area (Å²) in [4.78, 5) is 34.3. The molecule has 2 aliphatic rings. The number of nitrogens with one attached hydrogen (secondary N) is 1. The third-order valence-corrected chi connectivity index (χ3v) is 6.11. The van der Waals surface area contributed by atoms with Gasteiger partial charge in [-0.15, -0.1) is 0 Å². The fourth-order valence-corrected chi connectivity index (χ4v) is 4.43. The van der Waals surface area contributed by atoms with Gasteiger partial charge in [-0.3, -0.25) is 23.8 Å². The number of rotatable bonds is 2. The van der Waals surface area contributed by atoms with Crippen LogP contribution < -0.4 is 10.9 Å². The van der Waals surface area contributed by atoms with Gasteiger partial charge in [-0.1, -0.05) is 6.07 Å². The first kappa shape index (κ1) is 18.1. The molecular formula is C20H27N5O2. The van der Waals surface area contributed by atoms with Crippen molar-refractivity contribution in [2.75, 3.05) is 33.2 Å². The number of pyridine rings is 1. The molecule has 0 atom stereocenters. The maximum atomic E-state index is 12.7. The molecule has 4 heterocycles. The highest BCUT2D eigenvalue weighted by atomic mass is 16.2. The minimum absolute atomic E-state index is 0.0375. The van der Waals surface area contributed by atoms with Crippen LogP contribution in [0.25, 0.3) is 5.65 Å². The molecule has 0 unspecified atom stereocenters. The zero-order chi connectivity index (χ0) is 19.0. The van der Waals surface area contributed by atoms with Crippen LogP contribution in [0.3, 0.4) is 0 Å². The average molecular weight is 369 g/mol. The van der Waals surface area contributed by atoms with Crippen LogP contribution in [0.4, 0.5) is 0 Å². The molecule has 2 saturated heterocycles. The molecule has 144 valence electrons. The molecular weight excluding hydrogens is 342 g/mol. The quantitative estimate of drug-likeness (QED) is 0.848. The number of carbonyl (C=O) groups excluding carboxylic acids is 1. The zero-order valence-corrected chi connectivity index (χ0v) is 16.1. The molecule has 7 heteroatoms. The lowest BCUT2D eigenvalue weighted by Crippen LogP contribution is -2.60. The van der Waals surface area contributed by atoms with Crippen LogP contribution in [-0.2, 0) is 11.3 Å². The smallest absolute Gasteiger partial charge is 0.258 e. The summed E-state index contributed by atoms with van der Waals surface area (Å²) in [7, 11) is 2.06.